The first kappa shape index (κ1) is 11.5. The Kier molecular flexibility index (Phi) is 3.04. The SMILES string of the molecule is CCCOc1ccc2[nH]c(C(=O)O)cc2c1C. The van der Waals surface area contributed by atoms with Gasteiger partial charge in [0, 0.05) is 16.5 Å². The standard InChI is InChI=1S/C13H15NO3/c1-3-6-17-12-5-4-10-9(8(12)2)7-11(14-10)13(15)16/h4-5,7,14H,3,6H2,1-2H3,(H,15,16). The first-order valence-electron chi connectivity index (χ1n) is 5.62. The number of H-pyrrole nitrogens is 1. The fraction of sp³-hybridized carbons (Fsp3) is 0.308. The van der Waals surface area contributed by atoms with E-state index in [0.29, 0.717) is 6.61 Å². The molecule has 2 aromatic rings. The average molecular weight is 233 g/mol. The summed E-state index contributed by atoms with van der Waals surface area (Å²) in [6.45, 7) is 4.65. The predicted molar refractivity (Wildman–Crippen MR) is 65.8 cm³/mol. The van der Waals surface area contributed by atoms with Gasteiger partial charge in [0.1, 0.15) is 11.4 Å². The minimum Gasteiger partial charge on any atom is -0.493 e. The maximum Gasteiger partial charge on any atom is 0.352 e. The van der Waals surface area contributed by atoms with Gasteiger partial charge in [0.25, 0.3) is 0 Å². The Hall–Kier alpha value is -1.97. The van der Waals surface area contributed by atoms with Crippen LogP contribution in [0.4, 0.5) is 0 Å². The minimum absolute atomic E-state index is 0.204. The first-order chi connectivity index (χ1) is 8.13. The molecule has 4 nitrogen and oxygen atoms in total. The molecule has 1 aromatic heterocycles. The van der Waals surface area contributed by atoms with Gasteiger partial charge in [-0.3, -0.25) is 0 Å². The van der Waals surface area contributed by atoms with E-state index in [2.05, 4.69) is 4.98 Å². The van der Waals surface area contributed by atoms with E-state index in [1.165, 1.54) is 0 Å². The number of carboxylic acid groups (broad SMARTS) is 1. The maximum atomic E-state index is 10.9. The lowest BCUT2D eigenvalue weighted by Crippen LogP contribution is -1.96. The highest BCUT2D eigenvalue weighted by Crippen LogP contribution is 2.27. The number of fused-ring (bicyclic) bond motifs is 1. The van der Waals surface area contributed by atoms with Crippen molar-refractivity contribution in [3.63, 3.8) is 0 Å². The number of aromatic nitrogens is 1. The Morgan fingerprint density at radius 3 is 2.88 bits per heavy atom. The third kappa shape index (κ3) is 2.11. The largest absolute Gasteiger partial charge is 0.493 e. The zero-order chi connectivity index (χ0) is 12.4. The number of aryl methyl sites for hydroxylation is 1. The highest BCUT2D eigenvalue weighted by atomic mass is 16.5. The van der Waals surface area contributed by atoms with Gasteiger partial charge in [0.2, 0.25) is 0 Å². The Labute approximate surface area is 99.2 Å². The van der Waals surface area contributed by atoms with Crippen molar-refractivity contribution in [3.05, 3.63) is 29.5 Å². The van der Waals surface area contributed by atoms with Crippen LogP contribution in [0.3, 0.4) is 0 Å². The Morgan fingerprint density at radius 1 is 1.47 bits per heavy atom. The molecule has 17 heavy (non-hydrogen) atoms. The van der Waals surface area contributed by atoms with Crippen molar-refractivity contribution in [2.24, 2.45) is 0 Å². The lowest BCUT2D eigenvalue weighted by molar-refractivity contribution is 0.0691. The molecule has 0 spiro atoms. The summed E-state index contributed by atoms with van der Waals surface area (Å²) in [4.78, 5) is 13.7. The second-order valence-corrected chi connectivity index (χ2v) is 3.99. The van der Waals surface area contributed by atoms with Crippen LogP contribution in [0, 0.1) is 6.92 Å². The molecule has 0 aliphatic carbocycles. The van der Waals surface area contributed by atoms with Crippen molar-refractivity contribution in [1.82, 2.24) is 4.98 Å². The molecule has 2 rings (SSSR count). The van der Waals surface area contributed by atoms with E-state index in [0.717, 1.165) is 28.6 Å². The number of rotatable bonds is 4. The smallest absolute Gasteiger partial charge is 0.352 e. The summed E-state index contributed by atoms with van der Waals surface area (Å²) < 4.78 is 5.60. The van der Waals surface area contributed by atoms with Crippen molar-refractivity contribution in [3.8, 4) is 5.75 Å². The number of ether oxygens (including phenoxy) is 1. The number of hydrogen-bond acceptors (Lipinski definition) is 2. The average Bonchev–Trinajstić information content (AvgIpc) is 2.73. The van der Waals surface area contributed by atoms with Crippen molar-refractivity contribution in [1.29, 1.82) is 0 Å². The molecule has 0 radical (unpaired) electrons. The molecule has 0 aliphatic rings. The summed E-state index contributed by atoms with van der Waals surface area (Å²) in [6, 6.07) is 5.36. The van der Waals surface area contributed by atoms with Crippen LogP contribution in [0.15, 0.2) is 18.2 Å². The van der Waals surface area contributed by atoms with Crippen LogP contribution in [-0.2, 0) is 0 Å². The van der Waals surface area contributed by atoms with Gasteiger partial charge in [-0.15, -0.1) is 0 Å². The van der Waals surface area contributed by atoms with Crippen molar-refractivity contribution >= 4 is 16.9 Å². The molecule has 0 unspecified atom stereocenters. The van der Waals surface area contributed by atoms with Gasteiger partial charge in [-0.05, 0) is 31.5 Å². The molecule has 0 fully saturated rings. The maximum absolute atomic E-state index is 10.9. The Bertz CT molecular complexity index is 557. The summed E-state index contributed by atoms with van der Waals surface area (Å²) in [5.74, 6) is -0.132. The van der Waals surface area contributed by atoms with Gasteiger partial charge in [0.15, 0.2) is 0 Å². The summed E-state index contributed by atoms with van der Waals surface area (Å²) in [5, 5.41) is 9.82. The fourth-order valence-electron chi connectivity index (χ4n) is 1.81. The van der Waals surface area contributed by atoms with Crippen molar-refractivity contribution < 1.29 is 14.6 Å². The molecule has 4 heteroatoms. The monoisotopic (exact) mass is 233 g/mol. The number of carboxylic acids is 1. The van der Waals surface area contributed by atoms with Gasteiger partial charge in [0.05, 0.1) is 6.61 Å². The van der Waals surface area contributed by atoms with Crippen LogP contribution in [0.2, 0.25) is 0 Å². The molecule has 0 saturated heterocycles. The third-order valence-corrected chi connectivity index (χ3v) is 2.72. The highest BCUT2D eigenvalue weighted by Gasteiger charge is 2.11. The number of nitrogens with one attached hydrogen (secondary N) is 1. The van der Waals surface area contributed by atoms with Gasteiger partial charge in [-0.25, -0.2) is 4.79 Å². The first-order valence-corrected chi connectivity index (χ1v) is 5.62. The van der Waals surface area contributed by atoms with Gasteiger partial charge < -0.3 is 14.8 Å². The molecule has 0 aliphatic heterocycles. The molecular formula is C13H15NO3. The summed E-state index contributed by atoms with van der Waals surface area (Å²) >= 11 is 0. The normalized spacial score (nSPS) is 10.7. The van der Waals surface area contributed by atoms with Gasteiger partial charge >= 0.3 is 5.97 Å². The topological polar surface area (TPSA) is 62.3 Å². The molecule has 2 N–H and O–H groups in total. The molecule has 0 atom stereocenters. The van der Waals surface area contributed by atoms with E-state index in [4.69, 9.17) is 9.84 Å². The molecule has 0 amide bonds. The summed E-state index contributed by atoms with van der Waals surface area (Å²) in [5.41, 5.74) is 2.00. The van der Waals surface area contributed by atoms with E-state index in [-0.39, 0.29) is 5.69 Å². The summed E-state index contributed by atoms with van der Waals surface area (Å²) in [7, 11) is 0. The molecule has 90 valence electrons. The molecule has 1 aromatic carbocycles. The lowest BCUT2D eigenvalue weighted by atomic mass is 10.1. The second-order valence-electron chi connectivity index (χ2n) is 3.99. The van der Waals surface area contributed by atoms with Crippen LogP contribution in [-0.4, -0.2) is 22.7 Å². The van der Waals surface area contributed by atoms with E-state index in [1.807, 2.05) is 26.0 Å². The van der Waals surface area contributed by atoms with E-state index >= 15 is 0 Å². The zero-order valence-corrected chi connectivity index (χ0v) is 9.91. The highest BCUT2D eigenvalue weighted by molar-refractivity contribution is 5.95. The number of carbonyl (C=O) groups is 1. The van der Waals surface area contributed by atoms with Crippen LogP contribution in [0.5, 0.6) is 5.75 Å². The molecule has 0 saturated carbocycles. The minimum atomic E-state index is -0.948. The quantitative estimate of drug-likeness (QED) is 0.853. The predicted octanol–water partition coefficient (Wildman–Crippen LogP) is 2.96. The van der Waals surface area contributed by atoms with Crippen LogP contribution < -0.4 is 4.74 Å². The van der Waals surface area contributed by atoms with Crippen LogP contribution in [0.25, 0.3) is 10.9 Å². The van der Waals surface area contributed by atoms with Crippen molar-refractivity contribution in [2.45, 2.75) is 20.3 Å². The van der Waals surface area contributed by atoms with E-state index in [1.54, 1.807) is 6.07 Å². The van der Waals surface area contributed by atoms with E-state index in [9.17, 15) is 4.79 Å². The summed E-state index contributed by atoms with van der Waals surface area (Å²) in [6.07, 6.45) is 0.949. The zero-order valence-electron chi connectivity index (χ0n) is 9.91. The van der Waals surface area contributed by atoms with E-state index < -0.39 is 5.97 Å². The van der Waals surface area contributed by atoms with Crippen LogP contribution >= 0.6 is 0 Å². The van der Waals surface area contributed by atoms with Crippen LogP contribution in [0.1, 0.15) is 29.4 Å². The van der Waals surface area contributed by atoms with Gasteiger partial charge in [-0.1, -0.05) is 6.92 Å². The Morgan fingerprint density at radius 2 is 2.24 bits per heavy atom. The number of aromatic amines is 1. The Balaban J connectivity index is 2.47. The van der Waals surface area contributed by atoms with Gasteiger partial charge in [-0.2, -0.15) is 0 Å². The number of hydrogen-bond donors (Lipinski definition) is 2. The number of benzene rings is 1. The second kappa shape index (κ2) is 4.49. The lowest BCUT2D eigenvalue weighted by Gasteiger charge is -2.08. The molecule has 1 heterocycles. The van der Waals surface area contributed by atoms with Crippen molar-refractivity contribution in [2.75, 3.05) is 6.61 Å². The fourth-order valence-corrected chi connectivity index (χ4v) is 1.81. The molecular weight excluding hydrogens is 218 g/mol. The number of aromatic carboxylic acids is 1. The third-order valence-electron chi connectivity index (χ3n) is 2.72. The molecule has 0 bridgehead atoms.